The van der Waals surface area contributed by atoms with E-state index in [9.17, 15) is 4.79 Å². The van der Waals surface area contributed by atoms with Gasteiger partial charge in [0.2, 0.25) is 0 Å². The van der Waals surface area contributed by atoms with Crippen LogP contribution in [0.2, 0.25) is 0 Å². The SMILES string of the molecule is O=C(N[C@H]1C[C@H]2CC[C@H]1C2)N1c2ccccc2Sc2ccccc21. The molecule has 2 aromatic rings. The first-order valence-corrected chi connectivity index (χ1v) is 9.58. The second kappa shape index (κ2) is 5.55. The molecule has 2 bridgehead atoms. The fraction of sp³-hybridized carbons (Fsp3) is 0.350. The van der Waals surface area contributed by atoms with Crippen LogP contribution < -0.4 is 10.2 Å². The highest BCUT2D eigenvalue weighted by Crippen LogP contribution is 2.48. The maximum absolute atomic E-state index is 13.2. The fourth-order valence-corrected chi connectivity index (χ4v) is 5.63. The van der Waals surface area contributed by atoms with E-state index in [1.54, 1.807) is 11.8 Å². The fourth-order valence-electron chi connectivity index (χ4n) is 4.57. The minimum Gasteiger partial charge on any atom is -0.334 e. The molecule has 1 aliphatic heterocycles. The zero-order valence-corrected chi connectivity index (χ0v) is 14.3. The van der Waals surface area contributed by atoms with Gasteiger partial charge in [-0.1, -0.05) is 42.4 Å². The van der Waals surface area contributed by atoms with Crippen LogP contribution in [0.5, 0.6) is 0 Å². The predicted octanol–water partition coefficient (Wildman–Crippen LogP) is 5.19. The standard InChI is InChI=1S/C20H20N2OS/c23-20(21-15-12-13-9-10-14(15)11-13)22-16-5-1-3-7-18(16)24-19-8-4-2-6-17(19)22/h1-8,13-15H,9-12H2,(H,21,23)/t13-,14-,15-/m0/s1. The van der Waals surface area contributed by atoms with E-state index in [1.807, 2.05) is 41.3 Å². The number of carbonyl (C=O) groups excluding carboxylic acids is 1. The Balaban J connectivity index is 1.49. The maximum atomic E-state index is 13.2. The molecular formula is C20H20N2OS. The Kier molecular flexibility index (Phi) is 3.33. The zero-order chi connectivity index (χ0) is 16.1. The summed E-state index contributed by atoms with van der Waals surface area (Å²) in [4.78, 5) is 17.3. The quantitative estimate of drug-likeness (QED) is 0.777. The van der Waals surface area contributed by atoms with Crippen LogP contribution in [0.4, 0.5) is 16.2 Å². The molecule has 2 amide bonds. The Labute approximate surface area is 146 Å². The normalized spacial score (nSPS) is 26.8. The van der Waals surface area contributed by atoms with Gasteiger partial charge in [0.25, 0.3) is 0 Å². The van der Waals surface area contributed by atoms with Crippen molar-refractivity contribution in [2.45, 2.75) is 41.5 Å². The highest BCUT2D eigenvalue weighted by atomic mass is 32.2. The summed E-state index contributed by atoms with van der Waals surface area (Å²) in [5.74, 6) is 1.51. The summed E-state index contributed by atoms with van der Waals surface area (Å²) in [6, 6.07) is 16.7. The van der Waals surface area contributed by atoms with E-state index >= 15 is 0 Å². The molecule has 4 heteroatoms. The Morgan fingerprint density at radius 2 is 1.62 bits per heavy atom. The molecule has 0 radical (unpaired) electrons. The van der Waals surface area contributed by atoms with Gasteiger partial charge in [-0.3, -0.25) is 4.90 Å². The molecule has 1 N–H and O–H groups in total. The molecule has 0 aromatic heterocycles. The first-order chi connectivity index (χ1) is 11.8. The van der Waals surface area contributed by atoms with Crippen molar-refractivity contribution in [1.29, 1.82) is 0 Å². The van der Waals surface area contributed by atoms with E-state index in [0.717, 1.165) is 33.5 Å². The van der Waals surface area contributed by atoms with Gasteiger partial charge in [-0.2, -0.15) is 0 Å². The van der Waals surface area contributed by atoms with Crippen molar-refractivity contribution in [1.82, 2.24) is 5.32 Å². The number of amides is 2. The van der Waals surface area contributed by atoms with Gasteiger partial charge in [-0.25, -0.2) is 4.79 Å². The predicted molar refractivity (Wildman–Crippen MR) is 96.9 cm³/mol. The average Bonchev–Trinajstić information content (AvgIpc) is 3.22. The van der Waals surface area contributed by atoms with Gasteiger partial charge < -0.3 is 5.32 Å². The van der Waals surface area contributed by atoms with Gasteiger partial charge >= 0.3 is 6.03 Å². The van der Waals surface area contributed by atoms with Crippen molar-refractivity contribution in [3.8, 4) is 0 Å². The van der Waals surface area contributed by atoms with E-state index in [2.05, 4.69) is 17.4 Å². The number of nitrogens with one attached hydrogen (secondary N) is 1. The molecule has 0 unspecified atom stereocenters. The Hall–Kier alpha value is -1.94. The summed E-state index contributed by atoms with van der Waals surface area (Å²) in [5, 5.41) is 3.34. The van der Waals surface area contributed by atoms with E-state index in [1.165, 1.54) is 19.3 Å². The molecule has 122 valence electrons. The molecule has 3 atom stereocenters. The Bertz CT molecular complexity index is 760. The third-order valence-electron chi connectivity index (χ3n) is 5.68. The smallest absolute Gasteiger partial charge is 0.326 e. The van der Waals surface area contributed by atoms with Crippen LogP contribution >= 0.6 is 11.8 Å². The largest absolute Gasteiger partial charge is 0.334 e. The maximum Gasteiger partial charge on any atom is 0.326 e. The third-order valence-corrected chi connectivity index (χ3v) is 6.81. The summed E-state index contributed by atoms with van der Waals surface area (Å²) in [6.45, 7) is 0. The average molecular weight is 336 g/mol. The first-order valence-electron chi connectivity index (χ1n) is 8.76. The van der Waals surface area contributed by atoms with Crippen molar-refractivity contribution in [2.75, 3.05) is 4.90 Å². The highest BCUT2D eigenvalue weighted by molar-refractivity contribution is 7.99. The van der Waals surface area contributed by atoms with Crippen molar-refractivity contribution >= 4 is 29.2 Å². The van der Waals surface area contributed by atoms with E-state index in [-0.39, 0.29) is 6.03 Å². The highest BCUT2D eigenvalue weighted by Gasteiger charge is 2.41. The van der Waals surface area contributed by atoms with Crippen LogP contribution in [-0.4, -0.2) is 12.1 Å². The lowest BCUT2D eigenvalue weighted by atomic mass is 9.95. The third kappa shape index (κ3) is 2.24. The van der Waals surface area contributed by atoms with Crippen LogP contribution in [0.25, 0.3) is 0 Å². The Morgan fingerprint density at radius 1 is 0.958 bits per heavy atom. The molecule has 24 heavy (non-hydrogen) atoms. The summed E-state index contributed by atoms with van der Waals surface area (Å²) >= 11 is 1.74. The summed E-state index contributed by atoms with van der Waals surface area (Å²) in [7, 11) is 0. The second-order valence-electron chi connectivity index (χ2n) is 7.10. The van der Waals surface area contributed by atoms with Crippen molar-refractivity contribution in [3.63, 3.8) is 0 Å². The van der Waals surface area contributed by atoms with Crippen molar-refractivity contribution in [3.05, 3.63) is 48.5 Å². The number of urea groups is 1. The van der Waals surface area contributed by atoms with Gasteiger partial charge in [-0.05, 0) is 55.4 Å². The van der Waals surface area contributed by atoms with Crippen molar-refractivity contribution in [2.24, 2.45) is 11.8 Å². The lowest BCUT2D eigenvalue weighted by Gasteiger charge is -2.33. The van der Waals surface area contributed by atoms with E-state index < -0.39 is 0 Å². The van der Waals surface area contributed by atoms with Crippen LogP contribution in [0.15, 0.2) is 58.3 Å². The van der Waals surface area contributed by atoms with Gasteiger partial charge in [0.1, 0.15) is 0 Å². The molecular weight excluding hydrogens is 316 g/mol. The van der Waals surface area contributed by atoms with Gasteiger partial charge in [0.05, 0.1) is 11.4 Å². The van der Waals surface area contributed by atoms with Gasteiger partial charge in [0.15, 0.2) is 0 Å². The Morgan fingerprint density at radius 3 is 2.21 bits per heavy atom. The summed E-state index contributed by atoms with van der Waals surface area (Å²) < 4.78 is 0. The number of benzene rings is 2. The topological polar surface area (TPSA) is 32.3 Å². The van der Waals surface area contributed by atoms with Crippen LogP contribution in [0.1, 0.15) is 25.7 Å². The molecule has 2 aliphatic carbocycles. The van der Waals surface area contributed by atoms with E-state index in [0.29, 0.717) is 12.0 Å². The second-order valence-corrected chi connectivity index (χ2v) is 8.19. The van der Waals surface area contributed by atoms with Crippen LogP contribution in [0.3, 0.4) is 0 Å². The minimum atomic E-state index is 0.0211. The molecule has 2 fully saturated rings. The number of hydrogen-bond acceptors (Lipinski definition) is 2. The summed E-state index contributed by atoms with van der Waals surface area (Å²) in [5.41, 5.74) is 1.98. The zero-order valence-electron chi connectivity index (χ0n) is 13.4. The number of fused-ring (bicyclic) bond motifs is 4. The molecule has 2 saturated carbocycles. The molecule has 3 aliphatic rings. The molecule has 5 rings (SSSR count). The van der Waals surface area contributed by atoms with Gasteiger partial charge in [-0.15, -0.1) is 0 Å². The molecule has 1 heterocycles. The van der Waals surface area contributed by atoms with Crippen LogP contribution in [-0.2, 0) is 0 Å². The molecule has 0 spiro atoms. The number of nitrogens with zero attached hydrogens (tertiary/aromatic N) is 1. The number of para-hydroxylation sites is 2. The minimum absolute atomic E-state index is 0.0211. The van der Waals surface area contributed by atoms with Gasteiger partial charge in [0, 0.05) is 15.8 Å². The molecule has 2 aromatic carbocycles. The van der Waals surface area contributed by atoms with Crippen molar-refractivity contribution < 1.29 is 4.79 Å². The number of rotatable bonds is 1. The number of anilines is 2. The van der Waals surface area contributed by atoms with E-state index in [4.69, 9.17) is 0 Å². The lowest BCUT2D eigenvalue weighted by molar-refractivity contribution is 0.238. The number of hydrogen-bond donors (Lipinski definition) is 1. The molecule has 0 saturated heterocycles. The lowest BCUT2D eigenvalue weighted by Crippen LogP contribution is -2.45. The monoisotopic (exact) mass is 336 g/mol. The van der Waals surface area contributed by atoms with Crippen LogP contribution in [0, 0.1) is 11.8 Å². The number of carbonyl (C=O) groups is 1. The summed E-state index contributed by atoms with van der Waals surface area (Å²) in [6.07, 6.45) is 5.08. The first kappa shape index (κ1) is 14.4. The molecule has 3 nitrogen and oxygen atoms in total.